The van der Waals surface area contributed by atoms with Gasteiger partial charge in [-0.1, -0.05) is 29.8 Å². The van der Waals surface area contributed by atoms with Gasteiger partial charge in [-0.15, -0.1) is 0 Å². The molecule has 25 heavy (non-hydrogen) atoms. The van der Waals surface area contributed by atoms with Crippen LogP contribution in [-0.2, 0) is 21.5 Å². The highest BCUT2D eigenvalue weighted by Gasteiger charge is 2.44. The molecule has 130 valence electrons. The third-order valence-electron chi connectivity index (χ3n) is 4.60. The number of nitrogens with one attached hydrogen (secondary N) is 1. The fraction of sp³-hybridized carbons (Fsp3) is 0.300. The number of anilines is 1. The largest absolute Gasteiger partial charge is 0.350 e. The van der Waals surface area contributed by atoms with Gasteiger partial charge in [0.15, 0.2) is 0 Å². The van der Waals surface area contributed by atoms with Crippen LogP contribution < -0.4 is 10.2 Å². The number of carbonyl (C=O) groups is 2. The van der Waals surface area contributed by atoms with E-state index in [4.69, 9.17) is 0 Å². The number of amides is 2. The van der Waals surface area contributed by atoms with E-state index in [2.05, 4.69) is 5.32 Å². The summed E-state index contributed by atoms with van der Waals surface area (Å²) in [5.41, 5.74) is 2.99. The van der Waals surface area contributed by atoms with Gasteiger partial charge in [-0.25, -0.2) is 4.39 Å². The predicted molar refractivity (Wildman–Crippen MR) is 94.8 cm³/mol. The lowest BCUT2D eigenvalue weighted by Gasteiger charge is -2.20. The van der Waals surface area contributed by atoms with Crippen LogP contribution in [0.1, 0.15) is 30.5 Å². The summed E-state index contributed by atoms with van der Waals surface area (Å²) in [6.07, 6.45) is 0. The lowest BCUT2D eigenvalue weighted by atomic mass is 9.85. The van der Waals surface area contributed by atoms with Gasteiger partial charge < -0.3 is 10.2 Å². The summed E-state index contributed by atoms with van der Waals surface area (Å²) >= 11 is 0. The molecule has 2 aromatic rings. The Kier molecular flexibility index (Phi) is 4.33. The van der Waals surface area contributed by atoms with E-state index in [-0.39, 0.29) is 24.2 Å². The average molecular weight is 340 g/mol. The van der Waals surface area contributed by atoms with Crippen LogP contribution in [0.3, 0.4) is 0 Å². The normalized spacial score (nSPS) is 15.2. The first-order valence-corrected chi connectivity index (χ1v) is 8.23. The van der Waals surface area contributed by atoms with Crippen LogP contribution >= 0.6 is 0 Å². The molecule has 0 aromatic heterocycles. The third-order valence-corrected chi connectivity index (χ3v) is 4.60. The van der Waals surface area contributed by atoms with E-state index >= 15 is 0 Å². The number of nitrogens with zero attached hydrogens (tertiary/aromatic N) is 1. The number of benzene rings is 2. The number of rotatable bonds is 4. The van der Waals surface area contributed by atoms with Crippen molar-refractivity contribution in [2.45, 2.75) is 32.7 Å². The lowest BCUT2D eigenvalue weighted by Crippen LogP contribution is -2.42. The Bertz CT molecular complexity index is 828. The van der Waals surface area contributed by atoms with Gasteiger partial charge in [-0.2, -0.15) is 0 Å². The first kappa shape index (κ1) is 17.1. The summed E-state index contributed by atoms with van der Waals surface area (Å²) in [5, 5.41) is 2.78. The van der Waals surface area contributed by atoms with Crippen molar-refractivity contribution in [2.24, 2.45) is 0 Å². The van der Waals surface area contributed by atoms with Gasteiger partial charge in [0.05, 0.1) is 5.41 Å². The fourth-order valence-corrected chi connectivity index (χ4v) is 3.11. The molecule has 0 aliphatic carbocycles. The fourth-order valence-electron chi connectivity index (χ4n) is 3.11. The Morgan fingerprint density at radius 2 is 1.84 bits per heavy atom. The Morgan fingerprint density at radius 1 is 1.16 bits per heavy atom. The second-order valence-electron chi connectivity index (χ2n) is 6.94. The number of fused-ring (bicyclic) bond motifs is 1. The number of hydrogen-bond acceptors (Lipinski definition) is 2. The van der Waals surface area contributed by atoms with Crippen molar-refractivity contribution >= 4 is 17.5 Å². The predicted octanol–water partition coefficient (Wildman–Crippen LogP) is 3.07. The minimum atomic E-state index is -0.640. The van der Waals surface area contributed by atoms with Gasteiger partial charge in [0.1, 0.15) is 12.4 Å². The van der Waals surface area contributed by atoms with Crippen molar-refractivity contribution in [1.82, 2.24) is 5.32 Å². The SMILES string of the molecule is Cc1ccc2c(c1)C(C)(C)C(=O)N2CC(=O)NCc1ccc(F)cc1. The summed E-state index contributed by atoms with van der Waals surface area (Å²) < 4.78 is 12.9. The first-order chi connectivity index (χ1) is 11.8. The maximum atomic E-state index is 12.9. The first-order valence-electron chi connectivity index (χ1n) is 8.23. The minimum absolute atomic E-state index is 0.0283. The number of hydrogen-bond donors (Lipinski definition) is 1. The van der Waals surface area contributed by atoms with Crippen LogP contribution in [0.25, 0.3) is 0 Å². The molecule has 5 heteroatoms. The van der Waals surface area contributed by atoms with Gasteiger partial charge in [-0.05, 0) is 50.1 Å². The molecule has 0 radical (unpaired) electrons. The Labute approximate surface area is 146 Å². The van der Waals surface area contributed by atoms with E-state index in [0.717, 1.165) is 22.4 Å². The summed E-state index contributed by atoms with van der Waals surface area (Å²) in [7, 11) is 0. The molecule has 1 aliphatic heterocycles. The van der Waals surface area contributed by atoms with Crippen molar-refractivity contribution in [1.29, 1.82) is 0 Å². The van der Waals surface area contributed by atoms with Crippen LogP contribution in [0.5, 0.6) is 0 Å². The molecule has 0 saturated carbocycles. The molecule has 1 heterocycles. The van der Waals surface area contributed by atoms with Gasteiger partial charge in [0.25, 0.3) is 0 Å². The summed E-state index contributed by atoms with van der Waals surface area (Å²) in [4.78, 5) is 26.6. The molecule has 2 amide bonds. The maximum absolute atomic E-state index is 12.9. The topological polar surface area (TPSA) is 49.4 Å². The molecule has 4 nitrogen and oxygen atoms in total. The molecular weight excluding hydrogens is 319 g/mol. The Morgan fingerprint density at radius 3 is 2.52 bits per heavy atom. The van der Waals surface area contributed by atoms with E-state index < -0.39 is 5.41 Å². The van der Waals surface area contributed by atoms with E-state index in [1.165, 1.54) is 17.0 Å². The minimum Gasteiger partial charge on any atom is -0.350 e. The molecule has 0 saturated heterocycles. The molecule has 0 unspecified atom stereocenters. The van der Waals surface area contributed by atoms with E-state index in [1.54, 1.807) is 12.1 Å². The second-order valence-corrected chi connectivity index (χ2v) is 6.94. The van der Waals surface area contributed by atoms with Crippen LogP contribution in [0, 0.1) is 12.7 Å². The van der Waals surface area contributed by atoms with Crippen LogP contribution in [0.15, 0.2) is 42.5 Å². The van der Waals surface area contributed by atoms with Crippen molar-refractivity contribution in [3.05, 3.63) is 65.0 Å². The summed E-state index contributed by atoms with van der Waals surface area (Å²) in [5.74, 6) is -0.640. The average Bonchev–Trinajstić information content (AvgIpc) is 2.75. The smallest absolute Gasteiger partial charge is 0.240 e. The Hall–Kier alpha value is -2.69. The molecule has 0 atom stereocenters. The molecule has 0 fully saturated rings. The molecule has 1 N–H and O–H groups in total. The van der Waals surface area contributed by atoms with E-state index in [0.29, 0.717) is 6.54 Å². The molecule has 1 aliphatic rings. The monoisotopic (exact) mass is 340 g/mol. The zero-order chi connectivity index (χ0) is 18.2. The van der Waals surface area contributed by atoms with Crippen molar-refractivity contribution in [3.63, 3.8) is 0 Å². The maximum Gasteiger partial charge on any atom is 0.240 e. The van der Waals surface area contributed by atoms with Crippen molar-refractivity contribution in [2.75, 3.05) is 11.4 Å². The molecule has 0 bridgehead atoms. The summed E-state index contributed by atoms with van der Waals surface area (Å²) in [6.45, 7) is 6.01. The van der Waals surface area contributed by atoms with Crippen molar-refractivity contribution < 1.29 is 14.0 Å². The standard InChI is InChI=1S/C20H21FN2O2/c1-13-4-9-17-16(10-13)20(2,3)19(25)23(17)12-18(24)22-11-14-5-7-15(21)8-6-14/h4-10H,11-12H2,1-3H3,(H,22,24). The molecule has 3 rings (SSSR count). The van der Waals surface area contributed by atoms with Crippen LogP contribution in [0.4, 0.5) is 10.1 Å². The van der Waals surface area contributed by atoms with Gasteiger partial charge in [0, 0.05) is 12.2 Å². The summed E-state index contributed by atoms with van der Waals surface area (Å²) in [6, 6.07) is 11.8. The molecule has 0 spiro atoms. The second kappa shape index (κ2) is 6.31. The van der Waals surface area contributed by atoms with Crippen molar-refractivity contribution in [3.8, 4) is 0 Å². The molecular formula is C20H21FN2O2. The van der Waals surface area contributed by atoms with E-state index in [1.807, 2.05) is 39.0 Å². The zero-order valence-corrected chi connectivity index (χ0v) is 14.6. The number of aryl methyl sites for hydroxylation is 1. The lowest BCUT2D eigenvalue weighted by molar-refractivity contribution is -0.125. The highest BCUT2D eigenvalue weighted by Crippen LogP contribution is 2.41. The van der Waals surface area contributed by atoms with Crippen LogP contribution in [0.2, 0.25) is 0 Å². The molecule has 2 aromatic carbocycles. The highest BCUT2D eigenvalue weighted by atomic mass is 19.1. The highest BCUT2D eigenvalue weighted by molar-refractivity contribution is 6.10. The quantitative estimate of drug-likeness (QED) is 0.930. The zero-order valence-electron chi connectivity index (χ0n) is 14.6. The van der Waals surface area contributed by atoms with Gasteiger partial charge >= 0.3 is 0 Å². The van der Waals surface area contributed by atoms with Gasteiger partial charge in [-0.3, -0.25) is 9.59 Å². The number of carbonyl (C=O) groups excluding carboxylic acids is 2. The van der Waals surface area contributed by atoms with E-state index in [9.17, 15) is 14.0 Å². The number of halogens is 1. The third kappa shape index (κ3) is 3.27. The Balaban J connectivity index is 1.71. The van der Waals surface area contributed by atoms with Gasteiger partial charge in [0.2, 0.25) is 11.8 Å². The van der Waals surface area contributed by atoms with Crippen LogP contribution in [-0.4, -0.2) is 18.4 Å².